The number of nitrogens with one attached hydrogen (secondary N) is 2. The molecule has 0 bridgehead atoms. The first-order chi connectivity index (χ1) is 13.1. The van der Waals surface area contributed by atoms with Gasteiger partial charge in [0, 0.05) is 43.2 Å². The number of aliphatic hydroxyl groups excluding tert-OH is 1. The number of H-pyrrole nitrogens is 1. The predicted molar refractivity (Wildman–Crippen MR) is 110 cm³/mol. The molecule has 1 fully saturated rings. The van der Waals surface area contributed by atoms with E-state index in [0.717, 1.165) is 48.3 Å². The molecular weight excluding hydrogens is 362 g/mol. The molecule has 0 spiro atoms. The third-order valence-electron chi connectivity index (χ3n) is 5.40. The minimum atomic E-state index is -0.271. The van der Waals surface area contributed by atoms with E-state index in [1.165, 1.54) is 6.33 Å². The number of nitrogens with zero attached hydrogens (tertiary/aromatic N) is 3. The average Bonchev–Trinajstić information content (AvgIpc) is 3.21. The standard InChI is InChI=1S/C19H29N5O2S/c1-4-12(5-2)19(26)23-18-17-16(21-11-22-18)13(6-20-17)7-24-8-14(10-27-3)15(25)9-24/h6,11-12,14-15,20,25H,4-5,7-10H2,1-3H3,(H,21,22,23,26)/t14-,15-/m1/s1. The fourth-order valence-electron chi connectivity index (χ4n) is 3.78. The van der Waals surface area contributed by atoms with Crippen LogP contribution >= 0.6 is 11.8 Å². The molecule has 3 heterocycles. The summed E-state index contributed by atoms with van der Waals surface area (Å²) in [4.78, 5) is 26.6. The van der Waals surface area contributed by atoms with Crippen LogP contribution in [0.4, 0.5) is 5.82 Å². The maximum atomic E-state index is 12.4. The number of amides is 1. The van der Waals surface area contributed by atoms with Crippen molar-refractivity contribution in [1.29, 1.82) is 0 Å². The molecular formula is C19H29N5O2S. The van der Waals surface area contributed by atoms with E-state index in [0.29, 0.717) is 18.3 Å². The second-order valence-electron chi connectivity index (χ2n) is 7.24. The fraction of sp³-hybridized carbons (Fsp3) is 0.632. The molecule has 0 saturated carbocycles. The number of fused-ring (bicyclic) bond motifs is 1. The average molecular weight is 392 g/mol. The molecule has 148 valence electrons. The van der Waals surface area contributed by atoms with Crippen molar-refractivity contribution in [1.82, 2.24) is 19.9 Å². The summed E-state index contributed by atoms with van der Waals surface area (Å²) in [5, 5.41) is 13.2. The van der Waals surface area contributed by atoms with Gasteiger partial charge in [0.2, 0.25) is 5.91 Å². The number of β-amino-alcohol motifs (C(OH)–C–C–N with tert-alkyl or cyclic N) is 1. The van der Waals surface area contributed by atoms with Crippen molar-refractivity contribution in [3.05, 3.63) is 18.1 Å². The van der Waals surface area contributed by atoms with Crippen molar-refractivity contribution in [3.63, 3.8) is 0 Å². The number of carbonyl (C=O) groups excluding carboxylic acids is 1. The van der Waals surface area contributed by atoms with Crippen molar-refractivity contribution in [2.45, 2.75) is 39.3 Å². The van der Waals surface area contributed by atoms with Crippen molar-refractivity contribution in [3.8, 4) is 0 Å². The van der Waals surface area contributed by atoms with Crippen LogP contribution in [0.25, 0.3) is 11.0 Å². The first kappa shape index (κ1) is 20.1. The number of anilines is 1. The summed E-state index contributed by atoms with van der Waals surface area (Å²) >= 11 is 1.78. The normalized spacial score (nSPS) is 20.6. The van der Waals surface area contributed by atoms with Crippen molar-refractivity contribution in [2.24, 2.45) is 11.8 Å². The van der Waals surface area contributed by atoms with Crippen molar-refractivity contribution >= 4 is 34.5 Å². The van der Waals surface area contributed by atoms with E-state index in [1.807, 2.05) is 20.0 Å². The van der Waals surface area contributed by atoms with Crippen LogP contribution in [-0.4, -0.2) is 62.1 Å². The SMILES string of the molecule is CCC(CC)C(=O)Nc1ncnc2c(CN3C[C@H](CSC)[C@H](O)C3)c[nH]c12. The summed E-state index contributed by atoms with van der Waals surface area (Å²) in [6.07, 6.45) is 6.84. The number of likely N-dealkylation sites (tertiary alicyclic amines) is 1. The fourth-order valence-corrected chi connectivity index (χ4v) is 4.53. The summed E-state index contributed by atoms with van der Waals surface area (Å²) in [5.41, 5.74) is 2.64. The molecule has 2 atom stereocenters. The zero-order chi connectivity index (χ0) is 19.4. The van der Waals surface area contributed by atoms with E-state index >= 15 is 0 Å². The quantitative estimate of drug-likeness (QED) is 0.640. The van der Waals surface area contributed by atoms with Gasteiger partial charge < -0.3 is 15.4 Å². The maximum Gasteiger partial charge on any atom is 0.228 e. The predicted octanol–water partition coefficient (Wildman–Crippen LogP) is 2.49. The van der Waals surface area contributed by atoms with E-state index in [2.05, 4.69) is 31.4 Å². The van der Waals surface area contributed by atoms with E-state index in [-0.39, 0.29) is 17.9 Å². The zero-order valence-corrected chi connectivity index (χ0v) is 17.1. The van der Waals surface area contributed by atoms with Gasteiger partial charge in [0.15, 0.2) is 5.82 Å². The second kappa shape index (κ2) is 9.03. The van der Waals surface area contributed by atoms with Gasteiger partial charge in [-0.2, -0.15) is 11.8 Å². The lowest BCUT2D eigenvalue weighted by Crippen LogP contribution is -2.22. The molecule has 1 aliphatic heterocycles. The van der Waals surface area contributed by atoms with E-state index in [1.54, 1.807) is 11.8 Å². The molecule has 27 heavy (non-hydrogen) atoms. The molecule has 2 aromatic heterocycles. The van der Waals surface area contributed by atoms with Gasteiger partial charge >= 0.3 is 0 Å². The van der Waals surface area contributed by atoms with Gasteiger partial charge in [-0.3, -0.25) is 9.69 Å². The monoisotopic (exact) mass is 391 g/mol. The zero-order valence-electron chi connectivity index (χ0n) is 16.2. The minimum Gasteiger partial charge on any atom is -0.391 e. The van der Waals surface area contributed by atoms with Crippen LogP contribution in [0.1, 0.15) is 32.3 Å². The molecule has 3 rings (SSSR count). The number of aromatic amines is 1. The Balaban J connectivity index is 1.75. The molecule has 0 unspecified atom stereocenters. The van der Waals surface area contributed by atoms with Gasteiger partial charge in [-0.25, -0.2) is 9.97 Å². The number of carbonyl (C=O) groups is 1. The van der Waals surface area contributed by atoms with Crippen LogP contribution in [0, 0.1) is 11.8 Å². The number of aromatic nitrogens is 3. The Morgan fingerprint density at radius 2 is 2.19 bits per heavy atom. The Kier molecular flexibility index (Phi) is 6.73. The van der Waals surface area contributed by atoms with Gasteiger partial charge in [-0.05, 0) is 24.9 Å². The highest BCUT2D eigenvalue weighted by molar-refractivity contribution is 7.98. The van der Waals surface area contributed by atoms with E-state index in [4.69, 9.17) is 0 Å². The Morgan fingerprint density at radius 3 is 2.89 bits per heavy atom. The summed E-state index contributed by atoms with van der Waals surface area (Å²) in [6, 6.07) is 0. The Bertz CT molecular complexity index is 777. The third-order valence-corrected chi connectivity index (χ3v) is 6.16. The van der Waals surface area contributed by atoms with Crippen LogP contribution in [0.15, 0.2) is 12.5 Å². The maximum absolute atomic E-state index is 12.4. The Morgan fingerprint density at radius 1 is 1.41 bits per heavy atom. The van der Waals surface area contributed by atoms with Gasteiger partial charge in [0.25, 0.3) is 0 Å². The first-order valence-corrected chi connectivity index (χ1v) is 11.0. The highest BCUT2D eigenvalue weighted by atomic mass is 32.2. The number of hydrogen-bond donors (Lipinski definition) is 3. The van der Waals surface area contributed by atoms with Gasteiger partial charge in [0.05, 0.1) is 11.6 Å². The molecule has 1 aliphatic rings. The first-order valence-electron chi connectivity index (χ1n) is 9.58. The van der Waals surface area contributed by atoms with Crippen LogP contribution in [-0.2, 0) is 11.3 Å². The minimum absolute atomic E-state index is 0.00118. The topological polar surface area (TPSA) is 94.1 Å². The lowest BCUT2D eigenvalue weighted by molar-refractivity contribution is -0.120. The molecule has 1 saturated heterocycles. The van der Waals surface area contributed by atoms with Crippen LogP contribution < -0.4 is 5.32 Å². The van der Waals surface area contributed by atoms with Crippen molar-refractivity contribution < 1.29 is 9.90 Å². The van der Waals surface area contributed by atoms with Crippen LogP contribution in [0.5, 0.6) is 0 Å². The highest BCUT2D eigenvalue weighted by Gasteiger charge is 2.31. The van der Waals surface area contributed by atoms with Crippen LogP contribution in [0.2, 0.25) is 0 Å². The summed E-state index contributed by atoms with van der Waals surface area (Å²) in [6.45, 7) is 6.33. The van der Waals surface area contributed by atoms with E-state index < -0.39 is 0 Å². The Hall–Kier alpha value is -1.64. The second-order valence-corrected chi connectivity index (χ2v) is 8.15. The molecule has 7 nitrogen and oxygen atoms in total. The van der Waals surface area contributed by atoms with Crippen LogP contribution in [0.3, 0.4) is 0 Å². The lowest BCUT2D eigenvalue weighted by atomic mass is 10.0. The number of thioether (sulfide) groups is 1. The summed E-state index contributed by atoms with van der Waals surface area (Å²) in [5.74, 6) is 1.81. The lowest BCUT2D eigenvalue weighted by Gasteiger charge is -2.15. The molecule has 0 radical (unpaired) electrons. The van der Waals surface area contributed by atoms with E-state index in [9.17, 15) is 9.90 Å². The van der Waals surface area contributed by atoms with Gasteiger partial charge in [0.1, 0.15) is 11.8 Å². The van der Waals surface area contributed by atoms with Crippen molar-refractivity contribution in [2.75, 3.05) is 30.4 Å². The molecule has 1 amide bonds. The number of aliphatic hydroxyl groups is 1. The van der Waals surface area contributed by atoms with Gasteiger partial charge in [-0.1, -0.05) is 13.8 Å². The summed E-state index contributed by atoms with van der Waals surface area (Å²) in [7, 11) is 0. The largest absolute Gasteiger partial charge is 0.391 e. The molecule has 8 heteroatoms. The molecule has 2 aromatic rings. The smallest absolute Gasteiger partial charge is 0.228 e. The third kappa shape index (κ3) is 4.44. The number of hydrogen-bond acceptors (Lipinski definition) is 6. The number of rotatable bonds is 8. The van der Waals surface area contributed by atoms with Gasteiger partial charge in [-0.15, -0.1) is 0 Å². The highest BCUT2D eigenvalue weighted by Crippen LogP contribution is 2.26. The summed E-state index contributed by atoms with van der Waals surface area (Å²) < 4.78 is 0. The molecule has 3 N–H and O–H groups in total. The molecule has 0 aromatic carbocycles. The molecule has 0 aliphatic carbocycles. The Labute approximate surface area is 164 Å².